The van der Waals surface area contributed by atoms with Gasteiger partial charge in [0.2, 0.25) is 5.91 Å². The minimum atomic E-state index is -1.74. The van der Waals surface area contributed by atoms with E-state index in [1.807, 2.05) is 6.07 Å². The lowest BCUT2D eigenvalue weighted by Crippen LogP contribution is -2.48. The Morgan fingerprint density at radius 2 is 1.76 bits per heavy atom. The maximum absolute atomic E-state index is 15.1. The molecule has 3 aliphatic carbocycles. The molecule has 12 heteroatoms. The quantitative estimate of drug-likeness (QED) is 0.160. The summed E-state index contributed by atoms with van der Waals surface area (Å²) in [4.78, 5) is 39.5. The number of alkyl halides is 2. The van der Waals surface area contributed by atoms with Crippen LogP contribution in [0.1, 0.15) is 80.3 Å². The molecule has 3 aliphatic rings. The molecule has 2 aromatic carbocycles. The molecule has 0 radical (unpaired) electrons. The van der Waals surface area contributed by atoms with Crippen molar-refractivity contribution in [3.63, 3.8) is 0 Å². The van der Waals surface area contributed by atoms with Gasteiger partial charge in [0.25, 0.3) is 5.91 Å². The van der Waals surface area contributed by atoms with Gasteiger partial charge in [-0.2, -0.15) is 5.26 Å². The molecule has 9 nitrogen and oxygen atoms in total. The van der Waals surface area contributed by atoms with Crippen molar-refractivity contribution in [3.8, 4) is 17.6 Å². The number of carbonyl (C=O) groups excluding carboxylic acids is 3. The maximum Gasteiger partial charge on any atom is 0.308 e. The van der Waals surface area contributed by atoms with Crippen molar-refractivity contribution in [1.29, 1.82) is 5.26 Å². The normalized spacial score (nSPS) is 26.4. The number of esters is 1. The number of halogens is 3. The third-order valence-electron chi connectivity index (χ3n) is 9.44. The molecule has 0 aromatic heterocycles. The van der Waals surface area contributed by atoms with E-state index in [4.69, 9.17) is 14.2 Å². The summed E-state index contributed by atoms with van der Waals surface area (Å²) in [5.74, 6) is -2.43. The van der Waals surface area contributed by atoms with Gasteiger partial charge < -0.3 is 24.8 Å². The van der Waals surface area contributed by atoms with E-state index in [0.717, 1.165) is 25.3 Å². The molecule has 3 saturated carbocycles. The van der Waals surface area contributed by atoms with E-state index in [9.17, 15) is 24.0 Å². The van der Waals surface area contributed by atoms with Crippen LogP contribution in [0.4, 0.5) is 14.5 Å². The Hall–Kier alpha value is -3.47. The topological polar surface area (TPSA) is 127 Å². The van der Waals surface area contributed by atoms with Crippen molar-refractivity contribution in [2.24, 2.45) is 23.7 Å². The Morgan fingerprint density at radius 3 is 2.41 bits per heavy atom. The summed E-state index contributed by atoms with van der Waals surface area (Å²) in [6, 6.07) is 8.43. The minimum Gasteiger partial charge on any atom is -0.496 e. The number of fused-ring (bicyclic) bond motifs is 2. The number of benzene rings is 2. The first-order chi connectivity index (χ1) is 21.9. The standard InChI is InChI=1S/C34H38F2IN3O6/c1-4-45-33(43)19-7-9-24(10-8-19)46-28-15-25(27(44-3)16-26(28)35)31(41)40-30-21-6-5-20(13-21)29(30)32(42)39-23-12-18(17-38)11-22(14-23)34(2,36)37/h11-12,14-16,19-21,24,29-30H,4-10,13H2,1-3H3,(H,39,42)(H,40,41)/t19-,20-,21+,24+,29+,30-,34?/m1/s1. The average Bonchev–Trinajstić information content (AvgIpc) is 3.63. The van der Waals surface area contributed by atoms with Gasteiger partial charge >= 0.3 is 5.97 Å². The number of nitrogens with zero attached hydrogens (tertiary/aromatic N) is 1. The smallest absolute Gasteiger partial charge is 0.308 e. The van der Waals surface area contributed by atoms with E-state index in [1.54, 1.807) is 29.5 Å². The van der Waals surface area contributed by atoms with Crippen LogP contribution in [-0.2, 0) is 18.0 Å². The lowest BCUT2D eigenvalue weighted by atomic mass is 9.83. The Kier molecular flexibility index (Phi) is 10.4. The van der Waals surface area contributed by atoms with Gasteiger partial charge in [-0.3, -0.25) is 14.4 Å². The van der Waals surface area contributed by atoms with Crippen LogP contribution in [-0.4, -0.2) is 43.6 Å². The predicted molar refractivity (Wildman–Crippen MR) is 174 cm³/mol. The summed E-state index contributed by atoms with van der Waals surface area (Å²) in [5.41, 5.74) is 0.871. The van der Waals surface area contributed by atoms with Crippen LogP contribution in [0, 0.1) is 40.8 Å². The fourth-order valence-corrected chi connectivity index (χ4v) is 7.49. The van der Waals surface area contributed by atoms with E-state index in [2.05, 4.69) is 10.6 Å². The maximum atomic E-state index is 15.1. The van der Waals surface area contributed by atoms with Crippen LogP contribution in [0.15, 0.2) is 30.3 Å². The number of hydrogen-bond donors (Lipinski definition) is 2. The minimum absolute atomic E-state index is 0.0337. The van der Waals surface area contributed by atoms with Crippen molar-refractivity contribution >= 4 is 46.1 Å². The molecule has 1 unspecified atom stereocenters. The molecule has 5 atom stereocenters. The number of carbonyl (C=O) groups is 3. The molecular weight excluding hydrogens is 711 g/mol. The third-order valence-corrected chi connectivity index (χ3v) is 10.1. The molecule has 2 amide bonds. The molecule has 5 rings (SSSR count). The fourth-order valence-electron chi connectivity index (χ4n) is 7.18. The van der Waals surface area contributed by atoms with Gasteiger partial charge in [-0.15, -0.1) is 0 Å². The average molecular weight is 750 g/mol. The number of amides is 2. The van der Waals surface area contributed by atoms with Gasteiger partial charge in [0, 0.05) is 23.4 Å². The van der Waals surface area contributed by atoms with Crippen LogP contribution >= 0.6 is 22.6 Å². The first kappa shape index (κ1) is 33.9. The molecule has 0 aliphatic heterocycles. The molecule has 0 saturated heterocycles. The predicted octanol–water partition coefficient (Wildman–Crippen LogP) is 6.57. The van der Waals surface area contributed by atoms with Crippen molar-refractivity contribution in [2.45, 2.75) is 74.6 Å². The number of anilines is 1. The molecular formula is C34H38F2IN3O6. The summed E-state index contributed by atoms with van der Waals surface area (Å²) >= 11 is 1.64. The molecule has 3 fully saturated rings. The van der Waals surface area contributed by atoms with E-state index in [-0.39, 0.29) is 63.9 Å². The highest BCUT2D eigenvalue weighted by Gasteiger charge is 2.51. The number of hydrogen-bond acceptors (Lipinski definition) is 7. The molecule has 0 heterocycles. The number of rotatable bonds is 10. The summed E-state index contributed by atoms with van der Waals surface area (Å²) in [6.45, 7) is 3.45. The Labute approximate surface area is 280 Å². The van der Waals surface area contributed by atoms with Crippen LogP contribution < -0.4 is 20.1 Å². The molecule has 246 valence electrons. The molecule has 2 aromatic rings. The van der Waals surface area contributed by atoms with Crippen molar-refractivity contribution in [2.75, 3.05) is 19.0 Å². The second-order valence-corrected chi connectivity index (χ2v) is 14.5. The van der Waals surface area contributed by atoms with Crippen molar-refractivity contribution in [1.82, 2.24) is 5.32 Å². The summed E-state index contributed by atoms with van der Waals surface area (Å²) in [5, 5.41) is 15.4. The number of nitrogens with one attached hydrogen (secondary N) is 2. The van der Waals surface area contributed by atoms with Gasteiger partial charge in [0.1, 0.15) is 5.75 Å². The van der Waals surface area contributed by atoms with E-state index >= 15 is 4.39 Å². The molecule has 2 bridgehead atoms. The zero-order valence-electron chi connectivity index (χ0n) is 26.0. The van der Waals surface area contributed by atoms with E-state index in [1.165, 1.54) is 38.3 Å². The summed E-state index contributed by atoms with van der Waals surface area (Å²) < 4.78 is 44.5. The Morgan fingerprint density at radius 1 is 1.04 bits per heavy atom. The van der Waals surface area contributed by atoms with Crippen LogP contribution in [0.3, 0.4) is 0 Å². The third kappa shape index (κ3) is 7.40. The Bertz CT molecular complexity index is 1530. The SMILES string of the molecule is CCOC(=O)[C@H]1CC[C@@H](Oc2cc(C(=O)N[C@@H]3[C@H]4CC[C@H](C4)[C@@H]3C(=O)Nc3cc(C#N)cc(C(C)(F)I)c3)c(OC)cc2F)CC1. The lowest BCUT2D eigenvalue weighted by Gasteiger charge is -2.31. The van der Waals surface area contributed by atoms with Crippen LogP contribution in [0.25, 0.3) is 0 Å². The zero-order valence-corrected chi connectivity index (χ0v) is 28.2. The zero-order chi connectivity index (χ0) is 33.2. The first-order valence-electron chi connectivity index (χ1n) is 15.7. The summed E-state index contributed by atoms with van der Waals surface area (Å²) in [6.07, 6.45) is 4.35. The second kappa shape index (κ2) is 14.1. The van der Waals surface area contributed by atoms with Gasteiger partial charge in [-0.1, -0.05) is 0 Å². The van der Waals surface area contributed by atoms with Gasteiger partial charge in [-0.05, 0) is 117 Å². The second-order valence-electron chi connectivity index (χ2n) is 12.5. The summed E-state index contributed by atoms with van der Waals surface area (Å²) in [7, 11) is 1.35. The molecule has 2 N–H and O–H groups in total. The Balaban J connectivity index is 1.31. The largest absolute Gasteiger partial charge is 0.496 e. The number of methoxy groups -OCH3 is 1. The molecule has 0 spiro atoms. The van der Waals surface area contributed by atoms with E-state index < -0.39 is 27.4 Å². The lowest BCUT2D eigenvalue weighted by molar-refractivity contribution is -0.149. The van der Waals surface area contributed by atoms with Gasteiger partial charge in [0.05, 0.1) is 48.9 Å². The highest BCUT2D eigenvalue weighted by atomic mass is 127. The molecule has 46 heavy (non-hydrogen) atoms. The number of ether oxygens (including phenoxy) is 3. The highest BCUT2D eigenvalue weighted by Crippen LogP contribution is 2.49. The van der Waals surface area contributed by atoms with Crippen LogP contribution in [0.2, 0.25) is 0 Å². The number of nitriles is 1. The fraction of sp³-hybridized carbons (Fsp3) is 0.529. The van der Waals surface area contributed by atoms with Crippen molar-refractivity contribution < 1.29 is 37.4 Å². The van der Waals surface area contributed by atoms with Gasteiger partial charge in [0.15, 0.2) is 15.2 Å². The highest BCUT2D eigenvalue weighted by molar-refractivity contribution is 14.1. The van der Waals surface area contributed by atoms with Gasteiger partial charge in [-0.25, -0.2) is 8.78 Å². The monoisotopic (exact) mass is 749 g/mol. The van der Waals surface area contributed by atoms with E-state index in [0.29, 0.717) is 38.0 Å². The first-order valence-corrected chi connectivity index (χ1v) is 16.8. The van der Waals surface area contributed by atoms with Crippen molar-refractivity contribution in [3.05, 3.63) is 52.8 Å². The van der Waals surface area contributed by atoms with Crippen LogP contribution in [0.5, 0.6) is 11.5 Å².